The van der Waals surface area contributed by atoms with Crippen LogP contribution < -0.4 is 5.73 Å². The molecule has 1 saturated carbocycles. The Morgan fingerprint density at radius 3 is 2.81 bits per heavy atom. The zero-order valence-electron chi connectivity index (χ0n) is 12.7. The van der Waals surface area contributed by atoms with Crippen molar-refractivity contribution in [2.75, 3.05) is 26.3 Å². The van der Waals surface area contributed by atoms with E-state index in [1.54, 1.807) is 0 Å². The summed E-state index contributed by atoms with van der Waals surface area (Å²) in [4.78, 5) is 2.45. The molecular formula is C15H27N3O3. The first-order valence-electron chi connectivity index (χ1n) is 8.19. The summed E-state index contributed by atoms with van der Waals surface area (Å²) < 4.78 is 11.8. The van der Waals surface area contributed by atoms with Crippen molar-refractivity contribution < 1.29 is 14.7 Å². The number of ether oxygens (including phenoxy) is 2. The van der Waals surface area contributed by atoms with Gasteiger partial charge in [0.15, 0.2) is 5.84 Å². The van der Waals surface area contributed by atoms with Crippen molar-refractivity contribution in [3.8, 4) is 0 Å². The number of morpholine rings is 1. The normalized spacial score (nSPS) is 35.0. The van der Waals surface area contributed by atoms with Gasteiger partial charge in [0.1, 0.15) is 6.10 Å². The maximum absolute atomic E-state index is 8.83. The van der Waals surface area contributed by atoms with Crippen molar-refractivity contribution >= 4 is 5.84 Å². The van der Waals surface area contributed by atoms with E-state index in [9.17, 15) is 0 Å². The van der Waals surface area contributed by atoms with Crippen LogP contribution in [-0.2, 0) is 9.47 Å². The molecule has 3 N–H and O–H groups in total. The molecule has 2 atom stereocenters. The van der Waals surface area contributed by atoms with Gasteiger partial charge in [-0.1, -0.05) is 24.4 Å². The molecule has 2 unspecified atom stereocenters. The fourth-order valence-corrected chi connectivity index (χ4v) is 4.10. The quantitative estimate of drug-likeness (QED) is 0.348. The van der Waals surface area contributed by atoms with Crippen LogP contribution in [0.15, 0.2) is 5.16 Å². The lowest BCUT2D eigenvalue weighted by atomic mass is 9.78. The number of rotatable bonds is 2. The molecule has 1 spiro atoms. The first kappa shape index (κ1) is 15.1. The molecule has 2 saturated heterocycles. The van der Waals surface area contributed by atoms with Gasteiger partial charge in [-0.25, -0.2) is 0 Å². The molecule has 0 aromatic carbocycles. The molecule has 1 aliphatic carbocycles. The van der Waals surface area contributed by atoms with Gasteiger partial charge in [-0.2, -0.15) is 0 Å². The molecule has 6 nitrogen and oxygen atoms in total. The maximum atomic E-state index is 8.83. The molecule has 2 heterocycles. The highest BCUT2D eigenvalue weighted by Gasteiger charge is 2.41. The van der Waals surface area contributed by atoms with Crippen molar-refractivity contribution in [1.29, 1.82) is 0 Å². The van der Waals surface area contributed by atoms with E-state index in [0.717, 1.165) is 32.5 Å². The van der Waals surface area contributed by atoms with Crippen molar-refractivity contribution in [3.05, 3.63) is 0 Å². The third-order valence-electron chi connectivity index (χ3n) is 5.29. The summed E-state index contributed by atoms with van der Waals surface area (Å²) in [5, 5.41) is 11.9. The van der Waals surface area contributed by atoms with Crippen LogP contribution in [0.4, 0.5) is 0 Å². The van der Waals surface area contributed by atoms with Gasteiger partial charge in [0.05, 0.1) is 12.2 Å². The van der Waals surface area contributed by atoms with Crippen molar-refractivity contribution in [1.82, 2.24) is 4.90 Å². The zero-order valence-corrected chi connectivity index (χ0v) is 12.7. The predicted octanol–water partition coefficient (Wildman–Crippen LogP) is 1.32. The van der Waals surface area contributed by atoms with E-state index in [0.29, 0.717) is 12.6 Å². The highest BCUT2D eigenvalue weighted by atomic mass is 16.5. The van der Waals surface area contributed by atoms with Gasteiger partial charge in [-0.15, -0.1) is 0 Å². The average Bonchev–Trinajstić information content (AvgIpc) is 2.55. The Labute approximate surface area is 126 Å². The average molecular weight is 297 g/mol. The molecule has 120 valence electrons. The third kappa shape index (κ3) is 3.33. The van der Waals surface area contributed by atoms with Crippen LogP contribution >= 0.6 is 0 Å². The summed E-state index contributed by atoms with van der Waals surface area (Å²) in [7, 11) is 0. The van der Waals surface area contributed by atoms with Gasteiger partial charge in [-0.3, -0.25) is 4.90 Å². The van der Waals surface area contributed by atoms with Crippen molar-refractivity contribution in [3.63, 3.8) is 0 Å². The van der Waals surface area contributed by atoms with Gasteiger partial charge >= 0.3 is 0 Å². The minimum absolute atomic E-state index is 0.117. The molecule has 0 aromatic heterocycles. The molecule has 6 heteroatoms. The number of hydrogen-bond donors (Lipinski definition) is 2. The molecule has 0 amide bonds. The number of oxime groups is 1. The van der Waals surface area contributed by atoms with Crippen molar-refractivity contribution in [2.24, 2.45) is 10.9 Å². The Morgan fingerprint density at radius 2 is 2.05 bits per heavy atom. The minimum Gasteiger partial charge on any atom is -0.409 e. The van der Waals surface area contributed by atoms with Crippen LogP contribution in [0.2, 0.25) is 0 Å². The highest BCUT2D eigenvalue weighted by Crippen LogP contribution is 2.40. The molecular weight excluding hydrogens is 270 g/mol. The van der Waals surface area contributed by atoms with Crippen LogP contribution in [0.25, 0.3) is 0 Å². The number of hydrogen-bond acceptors (Lipinski definition) is 5. The lowest BCUT2D eigenvalue weighted by molar-refractivity contribution is -0.134. The van der Waals surface area contributed by atoms with Crippen LogP contribution in [0.5, 0.6) is 0 Å². The molecule has 0 radical (unpaired) electrons. The fourth-order valence-electron chi connectivity index (χ4n) is 4.10. The Kier molecular flexibility index (Phi) is 4.66. The molecule has 0 bridgehead atoms. The number of nitrogens with two attached hydrogens (primary N) is 1. The van der Waals surface area contributed by atoms with E-state index in [2.05, 4.69) is 10.1 Å². The topological polar surface area (TPSA) is 80.3 Å². The number of nitrogens with zero attached hydrogens (tertiary/aromatic N) is 2. The molecule has 2 aliphatic heterocycles. The second-order valence-corrected chi connectivity index (χ2v) is 6.62. The lowest BCUT2D eigenvalue weighted by Crippen LogP contribution is -2.56. The van der Waals surface area contributed by atoms with E-state index in [-0.39, 0.29) is 17.5 Å². The third-order valence-corrected chi connectivity index (χ3v) is 5.29. The molecule has 3 aliphatic rings. The zero-order chi connectivity index (χ0) is 14.7. The summed E-state index contributed by atoms with van der Waals surface area (Å²) in [6.45, 7) is 3.15. The van der Waals surface area contributed by atoms with Crippen LogP contribution in [0.1, 0.15) is 44.9 Å². The fraction of sp³-hybridized carbons (Fsp3) is 0.933. The van der Waals surface area contributed by atoms with Gasteiger partial charge < -0.3 is 20.4 Å². The molecule has 3 rings (SSSR count). The second-order valence-electron chi connectivity index (χ2n) is 6.62. The Balaban J connectivity index is 1.63. The summed E-state index contributed by atoms with van der Waals surface area (Å²) in [6.07, 6.45) is 8.26. The van der Waals surface area contributed by atoms with E-state index in [1.165, 1.54) is 32.1 Å². The first-order valence-corrected chi connectivity index (χ1v) is 8.19. The van der Waals surface area contributed by atoms with Crippen LogP contribution in [0.3, 0.4) is 0 Å². The Bertz CT molecular complexity index is 377. The van der Waals surface area contributed by atoms with Crippen LogP contribution in [0, 0.1) is 0 Å². The highest BCUT2D eigenvalue weighted by molar-refractivity contribution is 5.84. The largest absolute Gasteiger partial charge is 0.409 e. The number of amidine groups is 1. The Morgan fingerprint density at radius 1 is 1.24 bits per heavy atom. The minimum atomic E-state index is -0.283. The van der Waals surface area contributed by atoms with Gasteiger partial charge in [0.2, 0.25) is 0 Å². The van der Waals surface area contributed by atoms with Crippen LogP contribution in [-0.4, -0.2) is 60.0 Å². The summed E-state index contributed by atoms with van der Waals surface area (Å²) in [5.41, 5.74) is 5.82. The summed E-state index contributed by atoms with van der Waals surface area (Å²) in [6, 6.07) is 0.537. The monoisotopic (exact) mass is 297 g/mol. The second kappa shape index (κ2) is 6.50. The molecule has 0 aromatic rings. The van der Waals surface area contributed by atoms with E-state index in [1.807, 2.05) is 0 Å². The van der Waals surface area contributed by atoms with Gasteiger partial charge in [0.25, 0.3) is 0 Å². The van der Waals surface area contributed by atoms with E-state index < -0.39 is 0 Å². The predicted molar refractivity (Wildman–Crippen MR) is 79.5 cm³/mol. The molecule has 21 heavy (non-hydrogen) atoms. The smallest absolute Gasteiger partial charge is 0.169 e. The summed E-state index contributed by atoms with van der Waals surface area (Å²) >= 11 is 0. The first-order chi connectivity index (χ1) is 10.2. The lowest BCUT2D eigenvalue weighted by Gasteiger charge is -2.48. The molecule has 3 fully saturated rings. The Hall–Kier alpha value is -0.850. The maximum Gasteiger partial charge on any atom is 0.169 e. The van der Waals surface area contributed by atoms with E-state index >= 15 is 0 Å². The SMILES string of the molecule is NC(=NO)C1CN(C2CCOC3(CCCCC3)C2)CCO1. The van der Waals surface area contributed by atoms with Gasteiger partial charge in [-0.05, 0) is 25.7 Å². The van der Waals surface area contributed by atoms with Crippen molar-refractivity contribution in [2.45, 2.75) is 62.7 Å². The van der Waals surface area contributed by atoms with Gasteiger partial charge in [0, 0.05) is 25.7 Å². The summed E-state index contributed by atoms with van der Waals surface area (Å²) in [5.74, 6) is 0.180. The van der Waals surface area contributed by atoms with E-state index in [4.69, 9.17) is 20.4 Å². The standard InChI is InChI=1S/C15H27N3O3/c16-14(17-19)13-11-18(7-9-20-13)12-4-8-21-15(10-12)5-2-1-3-6-15/h12-13,19H,1-11H2,(H2,16,17).